The SMILES string of the molecule is O=C1C=CC2=CC3=C4Sc5nc6ccccc6nc5N4CCC3OC2=C1O. The molecule has 1 N–H and O–H groups in total. The van der Waals surface area contributed by atoms with Crippen molar-refractivity contribution in [3.05, 3.63) is 70.2 Å². The van der Waals surface area contributed by atoms with E-state index < -0.39 is 5.78 Å². The fourth-order valence-corrected chi connectivity index (χ4v) is 4.99. The summed E-state index contributed by atoms with van der Waals surface area (Å²) in [6.07, 6.45) is 5.62. The Bertz CT molecular complexity index is 1180. The number of benzene rings is 1. The molecular formula is C20H13N3O3S. The first-order valence-corrected chi connectivity index (χ1v) is 9.51. The summed E-state index contributed by atoms with van der Waals surface area (Å²) in [5.74, 6) is 0.440. The second-order valence-electron chi connectivity index (χ2n) is 6.73. The van der Waals surface area contributed by atoms with Gasteiger partial charge in [0.2, 0.25) is 11.5 Å². The summed E-state index contributed by atoms with van der Waals surface area (Å²) in [5, 5.41) is 12.0. The average molecular weight is 375 g/mol. The molecule has 0 bridgehead atoms. The van der Waals surface area contributed by atoms with E-state index in [1.165, 1.54) is 6.08 Å². The van der Waals surface area contributed by atoms with Gasteiger partial charge in [-0.2, -0.15) is 0 Å². The normalized spacial score (nSPS) is 23.0. The van der Waals surface area contributed by atoms with Crippen LogP contribution in [0.15, 0.2) is 75.2 Å². The number of hydrogen-bond donors (Lipinski definition) is 1. The number of nitrogens with zero attached hydrogens (tertiary/aromatic N) is 3. The molecule has 0 spiro atoms. The maximum Gasteiger partial charge on any atom is 0.224 e. The number of aliphatic hydroxyl groups excluding tert-OH is 1. The highest BCUT2D eigenvalue weighted by Crippen LogP contribution is 2.50. The van der Waals surface area contributed by atoms with Gasteiger partial charge in [0.1, 0.15) is 11.1 Å². The fraction of sp³-hybridized carbons (Fsp3) is 0.150. The zero-order valence-corrected chi connectivity index (χ0v) is 14.9. The molecule has 7 heteroatoms. The minimum Gasteiger partial charge on any atom is -0.502 e. The van der Waals surface area contributed by atoms with Crippen LogP contribution in [0.5, 0.6) is 0 Å². The molecule has 0 radical (unpaired) electrons. The number of fused-ring (bicyclic) bond motifs is 6. The van der Waals surface area contributed by atoms with E-state index in [1.807, 2.05) is 30.3 Å². The highest BCUT2D eigenvalue weighted by atomic mass is 32.2. The van der Waals surface area contributed by atoms with Gasteiger partial charge in [0.05, 0.1) is 16.1 Å². The second kappa shape index (κ2) is 5.23. The number of ketones is 1. The largest absolute Gasteiger partial charge is 0.502 e. The number of aromatic nitrogens is 2. The summed E-state index contributed by atoms with van der Waals surface area (Å²) in [6.45, 7) is 0.748. The molecule has 4 aliphatic rings. The summed E-state index contributed by atoms with van der Waals surface area (Å²) >= 11 is 1.60. The number of carbonyl (C=O) groups is 1. The number of para-hydroxylation sites is 2. The Morgan fingerprint density at radius 1 is 1.19 bits per heavy atom. The van der Waals surface area contributed by atoms with Crippen LogP contribution in [0.2, 0.25) is 0 Å². The molecule has 0 saturated carbocycles. The molecule has 1 aromatic heterocycles. The van der Waals surface area contributed by atoms with E-state index in [2.05, 4.69) is 4.90 Å². The van der Waals surface area contributed by atoms with Crippen molar-refractivity contribution in [3.63, 3.8) is 0 Å². The Balaban J connectivity index is 1.51. The zero-order valence-electron chi connectivity index (χ0n) is 14.0. The van der Waals surface area contributed by atoms with Crippen LogP contribution in [-0.2, 0) is 9.53 Å². The van der Waals surface area contributed by atoms with Crippen molar-refractivity contribution in [1.29, 1.82) is 0 Å². The summed E-state index contributed by atoms with van der Waals surface area (Å²) in [6, 6.07) is 7.87. The highest BCUT2D eigenvalue weighted by molar-refractivity contribution is 8.03. The van der Waals surface area contributed by atoms with E-state index in [4.69, 9.17) is 14.7 Å². The van der Waals surface area contributed by atoms with Crippen LogP contribution in [0, 0.1) is 0 Å². The van der Waals surface area contributed by atoms with Crippen molar-refractivity contribution in [2.45, 2.75) is 17.6 Å². The lowest BCUT2D eigenvalue weighted by atomic mass is 9.94. The Morgan fingerprint density at radius 2 is 2.00 bits per heavy atom. The van der Waals surface area contributed by atoms with Crippen molar-refractivity contribution >= 4 is 34.4 Å². The predicted octanol–water partition coefficient (Wildman–Crippen LogP) is 3.39. The topological polar surface area (TPSA) is 75.6 Å². The van der Waals surface area contributed by atoms with Gasteiger partial charge in [-0.3, -0.25) is 4.79 Å². The number of hydrogen-bond acceptors (Lipinski definition) is 7. The molecule has 0 fully saturated rings. The number of ether oxygens (including phenoxy) is 1. The highest BCUT2D eigenvalue weighted by Gasteiger charge is 2.40. The third-order valence-electron chi connectivity index (χ3n) is 5.12. The van der Waals surface area contributed by atoms with E-state index in [-0.39, 0.29) is 17.6 Å². The third-order valence-corrected chi connectivity index (χ3v) is 6.24. The molecule has 4 heterocycles. The number of aliphatic hydroxyl groups is 1. The van der Waals surface area contributed by atoms with Crippen molar-refractivity contribution in [2.75, 3.05) is 11.4 Å². The molecule has 1 aromatic carbocycles. The molecule has 3 aliphatic heterocycles. The van der Waals surface area contributed by atoms with E-state index in [0.717, 1.165) is 51.0 Å². The maximum atomic E-state index is 11.7. The number of carbonyl (C=O) groups excluding carboxylic acids is 1. The molecule has 0 saturated heterocycles. The Labute approximate surface area is 158 Å². The molecule has 2 aromatic rings. The summed E-state index contributed by atoms with van der Waals surface area (Å²) in [7, 11) is 0. The average Bonchev–Trinajstić information content (AvgIpc) is 3.06. The Hall–Kier alpha value is -3.06. The maximum absolute atomic E-state index is 11.7. The summed E-state index contributed by atoms with van der Waals surface area (Å²) in [5.41, 5.74) is 3.52. The van der Waals surface area contributed by atoms with Crippen LogP contribution < -0.4 is 4.90 Å². The zero-order chi connectivity index (χ0) is 18.1. The lowest BCUT2D eigenvalue weighted by molar-refractivity contribution is -0.114. The van der Waals surface area contributed by atoms with Crippen LogP contribution >= 0.6 is 11.8 Å². The third kappa shape index (κ3) is 2.06. The van der Waals surface area contributed by atoms with Gasteiger partial charge in [0, 0.05) is 24.1 Å². The number of thioether (sulfide) groups is 1. The molecule has 132 valence electrons. The summed E-state index contributed by atoms with van der Waals surface area (Å²) in [4.78, 5) is 23.5. The van der Waals surface area contributed by atoms with Gasteiger partial charge in [-0.15, -0.1) is 0 Å². The Kier molecular flexibility index (Phi) is 2.91. The predicted molar refractivity (Wildman–Crippen MR) is 101 cm³/mol. The van der Waals surface area contributed by atoms with E-state index in [1.54, 1.807) is 17.8 Å². The van der Waals surface area contributed by atoms with Gasteiger partial charge in [-0.1, -0.05) is 12.1 Å². The van der Waals surface area contributed by atoms with Crippen molar-refractivity contribution in [3.8, 4) is 0 Å². The monoisotopic (exact) mass is 375 g/mol. The first-order valence-electron chi connectivity index (χ1n) is 8.70. The molecule has 27 heavy (non-hydrogen) atoms. The van der Waals surface area contributed by atoms with Crippen LogP contribution in [-0.4, -0.2) is 33.5 Å². The molecule has 1 unspecified atom stereocenters. The minimum atomic E-state index is -0.418. The minimum absolute atomic E-state index is 0.187. The van der Waals surface area contributed by atoms with E-state index >= 15 is 0 Å². The molecular weight excluding hydrogens is 362 g/mol. The van der Waals surface area contributed by atoms with E-state index in [0.29, 0.717) is 0 Å². The first-order chi connectivity index (χ1) is 13.2. The number of rotatable bonds is 0. The molecule has 1 atom stereocenters. The fourth-order valence-electron chi connectivity index (χ4n) is 3.82. The van der Waals surface area contributed by atoms with Crippen LogP contribution in [0.4, 0.5) is 5.82 Å². The van der Waals surface area contributed by atoms with Gasteiger partial charge >= 0.3 is 0 Å². The first kappa shape index (κ1) is 15.0. The number of allylic oxidation sites excluding steroid dienone is 2. The number of anilines is 1. The lowest BCUT2D eigenvalue weighted by Crippen LogP contribution is -2.36. The van der Waals surface area contributed by atoms with Gasteiger partial charge in [-0.05, 0) is 42.1 Å². The van der Waals surface area contributed by atoms with Crippen molar-refractivity contribution < 1.29 is 14.6 Å². The molecule has 0 amide bonds. The van der Waals surface area contributed by atoms with Crippen LogP contribution in [0.1, 0.15) is 6.42 Å². The quantitative estimate of drug-likeness (QED) is 0.756. The van der Waals surface area contributed by atoms with Crippen LogP contribution in [0.25, 0.3) is 11.0 Å². The van der Waals surface area contributed by atoms with Gasteiger partial charge in [0.25, 0.3) is 0 Å². The Morgan fingerprint density at radius 3 is 2.85 bits per heavy atom. The van der Waals surface area contributed by atoms with Crippen molar-refractivity contribution in [1.82, 2.24) is 9.97 Å². The lowest BCUT2D eigenvalue weighted by Gasteiger charge is -2.36. The molecule has 1 aliphatic carbocycles. The smallest absolute Gasteiger partial charge is 0.224 e. The van der Waals surface area contributed by atoms with Crippen molar-refractivity contribution in [2.24, 2.45) is 0 Å². The van der Waals surface area contributed by atoms with Gasteiger partial charge in [-0.25, -0.2) is 9.97 Å². The second-order valence-corrected chi connectivity index (χ2v) is 7.70. The van der Waals surface area contributed by atoms with E-state index in [9.17, 15) is 9.90 Å². The summed E-state index contributed by atoms with van der Waals surface area (Å²) < 4.78 is 6.01. The molecule has 6 rings (SSSR count). The van der Waals surface area contributed by atoms with Crippen LogP contribution in [0.3, 0.4) is 0 Å². The standard InChI is InChI=1S/C20H13N3O3S/c24-14-6-5-10-9-11-15(26-17(10)16(14)25)7-8-23-18-19(27-20(11)23)22-13-4-2-1-3-12(13)21-18/h1-6,9,15,25H,7-8H2. The van der Waals surface area contributed by atoms with Gasteiger partial charge < -0.3 is 14.7 Å². The van der Waals surface area contributed by atoms with Gasteiger partial charge in [0.15, 0.2) is 11.6 Å². The molecule has 6 nitrogen and oxygen atoms in total.